The standard InChI is InChI=1S/C40H52O17/c1-11-25(43)52-30-38(47)29(53-31(46)34(6)19(2)54-34)33(5)18-37(38)35(7,22(33)14-26(44)48-9)40-24(42)16-32(4,28(51-20(3)41)21-12-13-50-17-21)23(15-27(45)49-10)39(30,40)56-36(8,55-37)57-40/h12-13,17,19,22-24,28-30,42,47H,11,14-16,18H2,1-10H3/t19-,22-,23+,24+,28-,29-,30+,32+,33+,34-,35+,36+,37+,38-,39+,40-/m0/s1. The number of epoxide rings is 1. The van der Waals surface area contributed by atoms with Crippen LogP contribution < -0.4 is 0 Å². The number of esters is 5. The van der Waals surface area contributed by atoms with Crippen LogP contribution in [0.2, 0.25) is 0 Å². The number of aliphatic hydroxyl groups is 2. The molecule has 8 rings (SSSR count). The molecule has 314 valence electrons. The molecule has 7 fully saturated rings. The van der Waals surface area contributed by atoms with Gasteiger partial charge in [0, 0.05) is 54.4 Å². The lowest BCUT2D eigenvalue weighted by Crippen LogP contribution is -2.95. The van der Waals surface area contributed by atoms with Crippen LogP contribution in [0, 0.1) is 28.1 Å². The summed E-state index contributed by atoms with van der Waals surface area (Å²) in [5.41, 5.74) is -14.4. The van der Waals surface area contributed by atoms with Crippen LogP contribution in [0.5, 0.6) is 0 Å². The largest absolute Gasteiger partial charge is 0.472 e. The fraction of sp³-hybridized carbons (Fsp3) is 0.775. The second-order valence-electron chi connectivity index (χ2n) is 18.0. The third-order valence-electron chi connectivity index (χ3n) is 15.5. The maximum absolute atomic E-state index is 14.2. The Kier molecular flexibility index (Phi) is 8.46. The Labute approximate surface area is 329 Å². The molecule has 0 radical (unpaired) electrons. The molecule has 57 heavy (non-hydrogen) atoms. The third-order valence-corrected chi connectivity index (χ3v) is 15.5. The van der Waals surface area contributed by atoms with Gasteiger partial charge in [-0.25, -0.2) is 4.79 Å². The van der Waals surface area contributed by atoms with E-state index in [0.717, 1.165) is 0 Å². The number of carbonyl (C=O) groups excluding carboxylic acids is 5. The number of hydrogen-bond donors (Lipinski definition) is 2. The van der Waals surface area contributed by atoms with Crippen LogP contribution in [-0.2, 0) is 66.6 Å². The van der Waals surface area contributed by atoms with Gasteiger partial charge in [0.1, 0.15) is 23.4 Å². The lowest BCUT2D eigenvalue weighted by Gasteiger charge is -2.77. The van der Waals surface area contributed by atoms with Crippen molar-refractivity contribution in [1.82, 2.24) is 0 Å². The first kappa shape index (κ1) is 40.2. The predicted molar refractivity (Wildman–Crippen MR) is 187 cm³/mol. The minimum Gasteiger partial charge on any atom is -0.472 e. The lowest BCUT2D eigenvalue weighted by atomic mass is 9.33. The van der Waals surface area contributed by atoms with Gasteiger partial charge in [0.25, 0.3) is 5.97 Å². The minimum absolute atomic E-state index is 0.0865. The zero-order valence-corrected chi connectivity index (χ0v) is 33.8. The van der Waals surface area contributed by atoms with Crippen molar-refractivity contribution < 1.29 is 81.2 Å². The Morgan fingerprint density at radius 2 is 1.54 bits per heavy atom. The molecule has 4 aliphatic carbocycles. The summed E-state index contributed by atoms with van der Waals surface area (Å²) in [4.78, 5) is 68.5. The van der Waals surface area contributed by atoms with Crippen LogP contribution in [0.15, 0.2) is 23.0 Å². The molecule has 3 saturated heterocycles. The second kappa shape index (κ2) is 12.0. The summed E-state index contributed by atoms with van der Waals surface area (Å²) < 4.78 is 61.7. The van der Waals surface area contributed by atoms with Crippen molar-refractivity contribution in [3.8, 4) is 0 Å². The summed E-state index contributed by atoms with van der Waals surface area (Å²) in [6.07, 6.45) is -5.50. The average Bonchev–Trinajstić information content (AvgIpc) is 3.47. The van der Waals surface area contributed by atoms with Gasteiger partial charge >= 0.3 is 29.8 Å². The molecule has 7 aliphatic rings. The van der Waals surface area contributed by atoms with Crippen LogP contribution >= 0.6 is 0 Å². The molecule has 2 N–H and O–H groups in total. The molecule has 4 bridgehead atoms. The van der Waals surface area contributed by atoms with Gasteiger partial charge < -0.3 is 57.3 Å². The monoisotopic (exact) mass is 804 g/mol. The van der Waals surface area contributed by atoms with E-state index < -0.39 is 129 Å². The first-order chi connectivity index (χ1) is 26.5. The predicted octanol–water partition coefficient (Wildman–Crippen LogP) is 2.57. The zero-order chi connectivity index (χ0) is 41.7. The summed E-state index contributed by atoms with van der Waals surface area (Å²) in [6.45, 7) is 12.6. The molecule has 17 heteroatoms. The fourth-order valence-corrected chi connectivity index (χ4v) is 13.2. The molecule has 0 amide bonds. The zero-order valence-electron chi connectivity index (χ0n) is 33.8. The molecule has 17 nitrogen and oxygen atoms in total. The quantitative estimate of drug-likeness (QED) is 0.186. The van der Waals surface area contributed by atoms with Gasteiger partial charge in [-0.1, -0.05) is 27.7 Å². The van der Waals surface area contributed by atoms with Gasteiger partial charge in [-0.3, -0.25) is 19.2 Å². The van der Waals surface area contributed by atoms with Crippen molar-refractivity contribution in [3.63, 3.8) is 0 Å². The van der Waals surface area contributed by atoms with Gasteiger partial charge in [-0.05, 0) is 38.7 Å². The van der Waals surface area contributed by atoms with Gasteiger partial charge in [0.15, 0.2) is 22.9 Å². The molecule has 1 aromatic rings. The van der Waals surface area contributed by atoms with Crippen molar-refractivity contribution in [1.29, 1.82) is 0 Å². The van der Waals surface area contributed by atoms with Crippen molar-refractivity contribution >= 4 is 29.8 Å². The van der Waals surface area contributed by atoms with Crippen molar-refractivity contribution in [2.75, 3.05) is 14.2 Å². The van der Waals surface area contributed by atoms with Crippen molar-refractivity contribution in [2.24, 2.45) is 28.1 Å². The Bertz CT molecular complexity index is 1920. The third kappa shape index (κ3) is 4.42. The van der Waals surface area contributed by atoms with Crippen molar-refractivity contribution in [2.45, 2.75) is 152 Å². The molecule has 4 heterocycles. The van der Waals surface area contributed by atoms with E-state index in [0.29, 0.717) is 5.56 Å². The highest BCUT2D eigenvalue weighted by molar-refractivity contribution is 5.83. The van der Waals surface area contributed by atoms with Crippen molar-refractivity contribution in [3.05, 3.63) is 24.2 Å². The van der Waals surface area contributed by atoms with E-state index in [1.54, 1.807) is 47.6 Å². The van der Waals surface area contributed by atoms with Gasteiger partial charge in [0.05, 0.1) is 45.4 Å². The molecule has 1 aromatic heterocycles. The number of carbonyl (C=O) groups is 5. The molecule has 0 unspecified atom stereocenters. The van der Waals surface area contributed by atoms with E-state index in [2.05, 4.69) is 0 Å². The molecular weight excluding hydrogens is 752 g/mol. The SMILES string of the molecule is CCC(=O)O[C@@H]1[C@@]2(O)[C@@H](OC(=O)[C@@]3(C)O[C@H]3C)[C@]3(C)C[C@]24O[C@]2(C)O[C@]15[C@H](CC(=O)OC)[C@](C)([C@@H](OC(C)=O)c1ccoc1)C[C@@H](O)[C@]5(O2)[C@]4(C)[C@H]3CC(=O)OC. The van der Waals surface area contributed by atoms with Crippen LogP contribution in [0.1, 0.15) is 99.2 Å². The number of ether oxygens (including phenoxy) is 9. The lowest BCUT2D eigenvalue weighted by molar-refractivity contribution is -0.487. The summed E-state index contributed by atoms with van der Waals surface area (Å²) in [6, 6.07) is 1.57. The number of rotatable bonds is 11. The number of hydrogen-bond acceptors (Lipinski definition) is 17. The normalized spacial score (nSPS) is 49.8. The van der Waals surface area contributed by atoms with Gasteiger partial charge in [-0.2, -0.15) is 0 Å². The van der Waals surface area contributed by atoms with E-state index in [1.165, 1.54) is 40.6 Å². The molecule has 3 aliphatic heterocycles. The highest BCUT2D eigenvalue weighted by Crippen LogP contribution is 2.89. The Morgan fingerprint density at radius 3 is 2.09 bits per heavy atom. The highest BCUT2D eigenvalue weighted by atomic mass is 16.9. The maximum Gasteiger partial charge on any atom is 0.341 e. The summed E-state index contributed by atoms with van der Waals surface area (Å²) in [5, 5.41) is 27.3. The Hall–Kier alpha value is -3.61. The summed E-state index contributed by atoms with van der Waals surface area (Å²) >= 11 is 0. The molecular formula is C40H52O17. The number of furan rings is 1. The minimum atomic E-state index is -2.53. The smallest absolute Gasteiger partial charge is 0.341 e. The van der Waals surface area contributed by atoms with Crippen LogP contribution in [0.3, 0.4) is 0 Å². The van der Waals surface area contributed by atoms with Crippen LogP contribution in [0.25, 0.3) is 0 Å². The first-order valence-electron chi connectivity index (χ1n) is 19.4. The van der Waals surface area contributed by atoms with Crippen LogP contribution in [-0.4, -0.2) is 113 Å². The van der Waals surface area contributed by atoms with E-state index in [-0.39, 0.29) is 25.7 Å². The number of aliphatic hydroxyl groups excluding tert-OH is 1. The molecule has 0 aromatic carbocycles. The second-order valence-corrected chi connectivity index (χ2v) is 18.0. The van der Waals surface area contributed by atoms with Gasteiger partial charge in [0.2, 0.25) is 0 Å². The number of methoxy groups -OCH3 is 2. The summed E-state index contributed by atoms with van der Waals surface area (Å²) in [7, 11) is 2.42. The Morgan fingerprint density at radius 1 is 0.912 bits per heavy atom. The Balaban J connectivity index is 1.48. The first-order valence-corrected chi connectivity index (χ1v) is 19.4. The molecule has 16 atom stereocenters. The highest BCUT2D eigenvalue weighted by Gasteiger charge is 3.05. The summed E-state index contributed by atoms with van der Waals surface area (Å²) in [5.74, 6) is -8.14. The van der Waals surface area contributed by atoms with Crippen LogP contribution in [0.4, 0.5) is 0 Å². The van der Waals surface area contributed by atoms with E-state index >= 15 is 0 Å². The van der Waals surface area contributed by atoms with Gasteiger partial charge in [-0.15, -0.1) is 0 Å². The number of fused-ring (bicyclic) bond motifs is 2. The fourth-order valence-electron chi connectivity index (χ4n) is 13.2. The van der Waals surface area contributed by atoms with E-state index in [4.69, 9.17) is 47.0 Å². The van der Waals surface area contributed by atoms with E-state index in [1.807, 2.05) is 0 Å². The molecule has 2 spiro atoms. The van der Waals surface area contributed by atoms with E-state index in [9.17, 15) is 34.2 Å². The topological polar surface area (TPSA) is 225 Å². The maximum atomic E-state index is 14.2. The molecule has 4 saturated carbocycles. The average molecular weight is 805 g/mol.